The van der Waals surface area contributed by atoms with E-state index in [0.29, 0.717) is 12.4 Å². The Morgan fingerprint density at radius 3 is 2.72 bits per heavy atom. The molecule has 0 fully saturated rings. The molecule has 2 aromatic rings. The molecule has 0 bridgehead atoms. The molecule has 0 aliphatic rings. The minimum absolute atomic E-state index is 0.572. The zero-order chi connectivity index (χ0) is 12.8. The lowest BCUT2D eigenvalue weighted by Gasteiger charge is -2.02. The van der Waals surface area contributed by atoms with E-state index in [-0.39, 0.29) is 0 Å². The molecule has 0 saturated carbocycles. The van der Waals surface area contributed by atoms with E-state index < -0.39 is 0 Å². The van der Waals surface area contributed by atoms with Gasteiger partial charge in [-0.05, 0) is 25.5 Å². The van der Waals surface area contributed by atoms with Crippen LogP contribution in [0.1, 0.15) is 37.0 Å². The lowest BCUT2D eigenvalue weighted by molar-refractivity contribution is 0.377. The van der Waals surface area contributed by atoms with Crippen molar-refractivity contribution in [1.29, 1.82) is 0 Å². The van der Waals surface area contributed by atoms with Crippen molar-refractivity contribution in [2.24, 2.45) is 0 Å². The number of aromatic nitrogens is 2. The van der Waals surface area contributed by atoms with E-state index in [1.165, 1.54) is 5.56 Å². The molecule has 18 heavy (non-hydrogen) atoms. The second kappa shape index (κ2) is 6.19. The van der Waals surface area contributed by atoms with Crippen LogP contribution >= 0.6 is 0 Å². The van der Waals surface area contributed by atoms with E-state index in [2.05, 4.69) is 41.4 Å². The highest BCUT2D eigenvalue weighted by molar-refractivity contribution is 5.44. The monoisotopic (exact) mass is 245 g/mol. The van der Waals surface area contributed by atoms with Gasteiger partial charge in [-0.25, -0.2) is 0 Å². The molecule has 1 heterocycles. The molecule has 0 spiro atoms. The number of anilines is 1. The summed E-state index contributed by atoms with van der Waals surface area (Å²) in [5, 5.41) is 7.22. The van der Waals surface area contributed by atoms with E-state index >= 15 is 0 Å². The third-order valence-corrected chi connectivity index (χ3v) is 2.76. The van der Waals surface area contributed by atoms with Gasteiger partial charge in [0.25, 0.3) is 0 Å². The minimum Gasteiger partial charge on any atom is -0.376 e. The van der Waals surface area contributed by atoms with Crippen LogP contribution in [0.2, 0.25) is 0 Å². The Morgan fingerprint density at radius 2 is 2.00 bits per heavy atom. The van der Waals surface area contributed by atoms with Crippen molar-refractivity contribution < 1.29 is 4.52 Å². The van der Waals surface area contributed by atoms with Crippen LogP contribution in [0.25, 0.3) is 0 Å². The molecule has 4 nitrogen and oxygen atoms in total. The zero-order valence-electron chi connectivity index (χ0n) is 10.9. The number of nitrogens with one attached hydrogen (secondary N) is 1. The van der Waals surface area contributed by atoms with Gasteiger partial charge in [-0.3, -0.25) is 0 Å². The Labute approximate surface area is 107 Å². The van der Waals surface area contributed by atoms with Gasteiger partial charge in [-0.2, -0.15) is 4.98 Å². The molecule has 0 aliphatic carbocycles. The molecule has 0 radical (unpaired) electrons. The van der Waals surface area contributed by atoms with E-state index in [4.69, 9.17) is 4.52 Å². The van der Waals surface area contributed by atoms with Gasteiger partial charge in [-0.15, -0.1) is 0 Å². The summed E-state index contributed by atoms with van der Waals surface area (Å²) in [4.78, 5) is 4.34. The average molecular weight is 245 g/mol. The number of benzene rings is 1. The van der Waals surface area contributed by atoms with Crippen molar-refractivity contribution in [3.8, 4) is 0 Å². The Bertz CT molecular complexity index is 476. The number of unbranched alkanes of at least 4 members (excludes halogenated alkanes) is 1. The molecule has 0 atom stereocenters. The molecule has 1 N–H and O–H groups in total. The molecular formula is C14H19N3O. The van der Waals surface area contributed by atoms with Crippen molar-refractivity contribution in [1.82, 2.24) is 10.1 Å². The van der Waals surface area contributed by atoms with Crippen molar-refractivity contribution in [2.75, 3.05) is 5.32 Å². The van der Waals surface area contributed by atoms with Crippen LogP contribution in [0.15, 0.2) is 28.8 Å². The van der Waals surface area contributed by atoms with Gasteiger partial charge < -0.3 is 9.84 Å². The van der Waals surface area contributed by atoms with Gasteiger partial charge in [0.2, 0.25) is 5.89 Å². The molecule has 0 amide bonds. The van der Waals surface area contributed by atoms with Gasteiger partial charge in [0, 0.05) is 12.1 Å². The molecule has 2 rings (SSSR count). The fourth-order valence-corrected chi connectivity index (χ4v) is 1.65. The van der Waals surface area contributed by atoms with Crippen LogP contribution in [-0.2, 0) is 13.0 Å². The second-order valence-corrected chi connectivity index (χ2v) is 4.43. The predicted octanol–water partition coefficient (Wildman–Crippen LogP) is 3.33. The zero-order valence-corrected chi connectivity index (χ0v) is 10.9. The lowest BCUT2D eigenvalue weighted by Crippen LogP contribution is -1.99. The van der Waals surface area contributed by atoms with Crippen LogP contribution in [0, 0.1) is 6.92 Å². The molecule has 4 heteroatoms. The van der Waals surface area contributed by atoms with Gasteiger partial charge in [0.1, 0.15) is 0 Å². The normalized spacial score (nSPS) is 10.6. The molecule has 0 aliphatic heterocycles. The van der Waals surface area contributed by atoms with Crippen molar-refractivity contribution in [3.05, 3.63) is 41.5 Å². The number of aryl methyl sites for hydroxylation is 2. The molecular weight excluding hydrogens is 226 g/mol. The summed E-state index contributed by atoms with van der Waals surface area (Å²) < 4.78 is 5.18. The summed E-state index contributed by atoms with van der Waals surface area (Å²) in [6, 6.07) is 8.24. The summed E-state index contributed by atoms with van der Waals surface area (Å²) in [6.45, 7) is 4.80. The summed E-state index contributed by atoms with van der Waals surface area (Å²) in [7, 11) is 0. The Morgan fingerprint density at radius 1 is 1.22 bits per heavy atom. The van der Waals surface area contributed by atoms with Crippen LogP contribution < -0.4 is 5.32 Å². The van der Waals surface area contributed by atoms with Crippen molar-refractivity contribution >= 4 is 5.69 Å². The molecule has 1 aromatic heterocycles. The number of rotatable bonds is 6. The fourth-order valence-electron chi connectivity index (χ4n) is 1.65. The minimum atomic E-state index is 0.572. The number of hydrogen-bond acceptors (Lipinski definition) is 4. The molecule has 1 aromatic carbocycles. The summed E-state index contributed by atoms with van der Waals surface area (Å²) in [6.07, 6.45) is 3.14. The fraction of sp³-hybridized carbons (Fsp3) is 0.429. The molecule has 0 unspecified atom stereocenters. The smallest absolute Gasteiger partial charge is 0.245 e. The maximum absolute atomic E-state index is 5.18. The van der Waals surface area contributed by atoms with E-state index in [9.17, 15) is 0 Å². The van der Waals surface area contributed by atoms with E-state index in [1.54, 1.807) is 0 Å². The Hall–Kier alpha value is -1.84. The highest BCUT2D eigenvalue weighted by atomic mass is 16.5. The van der Waals surface area contributed by atoms with Crippen LogP contribution in [0.4, 0.5) is 5.69 Å². The van der Waals surface area contributed by atoms with Gasteiger partial charge >= 0.3 is 0 Å². The maximum atomic E-state index is 5.18. The van der Waals surface area contributed by atoms with Crippen LogP contribution in [-0.4, -0.2) is 10.1 Å². The van der Waals surface area contributed by atoms with Crippen molar-refractivity contribution in [2.45, 2.75) is 39.7 Å². The first-order valence-electron chi connectivity index (χ1n) is 6.40. The Balaban J connectivity index is 1.86. The first kappa shape index (κ1) is 12.6. The first-order chi connectivity index (χ1) is 8.78. The molecule has 0 saturated heterocycles. The highest BCUT2D eigenvalue weighted by Crippen LogP contribution is 2.10. The largest absolute Gasteiger partial charge is 0.376 e. The summed E-state index contributed by atoms with van der Waals surface area (Å²) in [5.41, 5.74) is 2.31. The van der Waals surface area contributed by atoms with Crippen molar-refractivity contribution in [3.63, 3.8) is 0 Å². The SMILES string of the molecule is CCCCc1noc(CNc2ccc(C)cc2)n1. The van der Waals surface area contributed by atoms with Crippen LogP contribution in [0.5, 0.6) is 0 Å². The molecule has 96 valence electrons. The van der Waals surface area contributed by atoms with E-state index in [1.807, 2.05) is 12.1 Å². The standard InChI is InChI=1S/C14H19N3O/c1-3-4-5-13-16-14(18-17-13)10-15-12-8-6-11(2)7-9-12/h6-9,15H,3-5,10H2,1-2H3. The number of hydrogen-bond donors (Lipinski definition) is 1. The topological polar surface area (TPSA) is 51.0 Å². The lowest BCUT2D eigenvalue weighted by atomic mass is 10.2. The summed E-state index contributed by atoms with van der Waals surface area (Å²) in [5.74, 6) is 1.44. The number of nitrogens with zero attached hydrogens (tertiary/aromatic N) is 2. The Kier molecular flexibility index (Phi) is 4.34. The van der Waals surface area contributed by atoms with E-state index in [0.717, 1.165) is 30.8 Å². The predicted molar refractivity (Wildman–Crippen MR) is 71.4 cm³/mol. The maximum Gasteiger partial charge on any atom is 0.245 e. The quantitative estimate of drug-likeness (QED) is 0.848. The highest BCUT2D eigenvalue weighted by Gasteiger charge is 2.05. The first-order valence-corrected chi connectivity index (χ1v) is 6.40. The third kappa shape index (κ3) is 3.58. The average Bonchev–Trinajstić information content (AvgIpc) is 2.84. The third-order valence-electron chi connectivity index (χ3n) is 2.76. The van der Waals surface area contributed by atoms with Crippen LogP contribution in [0.3, 0.4) is 0 Å². The van der Waals surface area contributed by atoms with Gasteiger partial charge in [-0.1, -0.05) is 36.2 Å². The van der Waals surface area contributed by atoms with Gasteiger partial charge in [0.05, 0.1) is 6.54 Å². The second-order valence-electron chi connectivity index (χ2n) is 4.43. The van der Waals surface area contributed by atoms with Gasteiger partial charge in [0.15, 0.2) is 5.82 Å². The summed E-state index contributed by atoms with van der Waals surface area (Å²) >= 11 is 0.